The highest BCUT2D eigenvalue weighted by Gasteiger charge is 1.93. The summed E-state index contributed by atoms with van der Waals surface area (Å²) in [6.45, 7) is 3.64. The Morgan fingerprint density at radius 3 is 2.75 bits per heavy atom. The average Bonchev–Trinajstić information content (AvgIpc) is 1.63. The molecule has 0 saturated heterocycles. The molecule has 1 aliphatic rings. The van der Waals surface area contributed by atoms with Crippen molar-refractivity contribution in [2.24, 2.45) is 0 Å². The first-order valence-electron chi connectivity index (χ1n) is 2.91. The first kappa shape index (κ1) is 5.36. The lowest BCUT2D eigenvalue weighted by atomic mass is 10.0. The minimum atomic E-state index is 1.11. The van der Waals surface area contributed by atoms with Crippen LogP contribution in [0.4, 0.5) is 0 Å². The van der Waals surface area contributed by atoms with Gasteiger partial charge in [-0.2, -0.15) is 0 Å². The smallest absolute Gasteiger partial charge is 0.0244 e. The molecule has 0 heteroatoms. The molecule has 0 unspecified atom stereocenters. The quantitative estimate of drug-likeness (QED) is 0.485. The molecular formula is C8H10. The van der Waals surface area contributed by atoms with Crippen LogP contribution in [0.15, 0.2) is 36.5 Å². The molecule has 0 atom stereocenters. The van der Waals surface area contributed by atoms with Crippen LogP contribution in [0.1, 0.15) is 12.8 Å². The van der Waals surface area contributed by atoms with Gasteiger partial charge in [0.05, 0.1) is 0 Å². The van der Waals surface area contributed by atoms with Crippen LogP contribution in [-0.4, -0.2) is 0 Å². The number of hydrogen-bond donors (Lipinski definition) is 0. The van der Waals surface area contributed by atoms with Gasteiger partial charge < -0.3 is 0 Å². The third-order valence-corrected chi connectivity index (χ3v) is 1.26. The van der Waals surface area contributed by atoms with Crippen molar-refractivity contribution in [2.75, 3.05) is 0 Å². The molecule has 0 spiro atoms. The van der Waals surface area contributed by atoms with Gasteiger partial charge >= 0.3 is 0 Å². The van der Waals surface area contributed by atoms with Gasteiger partial charge in [-0.05, 0) is 18.4 Å². The van der Waals surface area contributed by atoms with Crippen LogP contribution in [0.3, 0.4) is 0 Å². The van der Waals surface area contributed by atoms with E-state index in [9.17, 15) is 0 Å². The summed E-state index contributed by atoms with van der Waals surface area (Å²) >= 11 is 0. The number of hydrogen-bond acceptors (Lipinski definition) is 0. The van der Waals surface area contributed by atoms with Crippen LogP contribution in [0, 0.1) is 0 Å². The van der Waals surface area contributed by atoms with E-state index in [4.69, 9.17) is 0 Å². The molecular weight excluding hydrogens is 96.1 g/mol. The van der Waals surface area contributed by atoms with Crippen LogP contribution >= 0.6 is 0 Å². The Morgan fingerprint density at radius 1 is 1.62 bits per heavy atom. The first-order chi connectivity index (χ1) is 3.93. The van der Waals surface area contributed by atoms with Gasteiger partial charge in [0, 0.05) is 0 Å². The summed E-state index contributed by atoms with van der Waals surface area (Å²) in [6, 6.07) is 0. The maximum absolute atomic E-state index is 3.64. The van der Waals surface area contributed by atoms with E-state index in [2.05, 4.69) is 24.8 Å². The van der Waals surface area contributed by atoms with Gasteiger partial charge in [0.2, 0.25) is 0 Å². The van der Waals surface area contributed by atoms with Crippen molar-refractivity contribution in [2.45, 2.75) is 12.8 Å². The van der Waals surface area contributed by atoms with E-state index in [1.54, 1.807) is 0 Å². The fourth-order valence-electron chi connectivity index (χ4n) is 0.668. The maximum atomic E-state index is 3.64. The molecule has 0 amide bonds. The lowest BCUT2D eigenvalue weighted by Gasteiger charge is -2.02. The zero-order valence-electron chi connectivity index (χ0n) is 4.93. The maximum Gasteiger partial charge on any atom is -0.0244 e. The molecule has 0 aliphatic heterocycles. The molecule has 0 N–H and O–H groups in total. The molecule has 0 aromatic heterocycles. The molecule has 0 saturated carbocycles. The zero-order chi connectivity index (χ0) is 5.82. The SMILES string of the molecule is C=CCCC1=CC=C1. The highest BCUT2D eigenvalue weighted by Crippen LogP contribution is 2.13. The monoisotopic (exact) mass is 106 g/mol. The lowest BCUT2D eigenvalue weighted by Crippen LogP contribution is -1.82. The second kappa shape index (κ2) is 2.51. The van der Waals surface area contributed by atoms with Crippen molar-refractivity contribution in [3.8, 4) is 0 Å². The highest BCUT2D eigenvalue weighted by molar-refractivity contribution is 5.35. The molecule has 0 bridgehead atoms. The fourth-order valence-corrected chi connectivity index (χ4v) is 0.668. The topological polar surface area (TPSA) is 0 Å². The van der Waals surface area contributed by atoms with Gasteiger partial charge in [0.1, 0.15) is 0 Å². The Hall–Kier alpha value is -0.780. The normalized spacial score (nSPS) is 14.8. The van der Waals surface area contributed by atoms with Gasteiger partial charge in [-0.3, -0.25) is 0 Å². The summed E-state index contributed by atoms with van der Waals surface area (Å²) in [5, 5.41) is 0. The van der Waals surface area contributed by atoms with E-state index >= 15 is 0 Å². The van der Waals surface area contributed by atoms with E-state index in [-0.39, 0.29) is 0 Å². The Morgan fingerprint density at radius 2 is 2.38 bits per heavy atom. The van der Waals surface area contributed by atoms with Crippen LogP contribution in [0.2, 0.25) is 0 Å². The van der Waals surface area contributed by atoms with Crippen LogP contribution < -0.4 is 0 Å². The standard InChI is InChI=1S/C8H10/c1-2-3-5-8-6-4-7-8/h2,4,6-7H,1,3,5H2. The Labute approximate surface area is 50.2 Å². The van der Waals surface area contributed by atoms with Crippen molar-refractivity contribution < 1.29 is 0 Å². The van der Waals surface area contributed by atoms with Gasteiger partial charge in [0.25, 0.3) is 0 Å². The molecule has 0 fully saturated rings. The third-order valence-electron chi connectivity index (χ3n) is 1.26. The summed E-state index contributed by atoms with van der Waals surface area (Å²) in [6.07, 6.45) is 10.6. The average molecular weight is 106 g/mol. The molecule has 1 aliphatic carbocycles. The summed E-state index contributed by atoms with van der Waals surface area (Å²) in [5.74, 6) is 0. The summed E-state index contributed by atoms with van der Waals surface area (Å²) in [4.78, 5) is 0. The van der Waals surface area contributed by atoms with Crippen LogP contribution in [0.5, 0.6) is 0 Å². The molecule has 0 aromatic rings. The zero-order valence-corrected chi connectivity index (χ0v) is 4.93. The molecule has 1 rings (SSSR count). The molecule has 8 heavy (non-hydrogen) atoms. The predicted octanol–water partition coefficient (Wildman–Crippen LogP) is 2.45. The van der Waals surface area contributed by atoms with Crippen molar-refractivity contribution in [3.63, 3.8) is 0 Å². The van der Waals surface area contributed by atoms with Crippen LogP contribution in [-0.2, 0) is 0 Å². The van der Waals surface area contributed by atoms with Crippen molar-refractivity contribution in [3.05, 3.63) is 36.5 Å². The molecule has 0 heterocycles. The minimum Gasteiger partial charge on any atom is -0.103 e. The summed E-state index contributed by atoms with van der Waals surface area (Å²) in [5.41, 5.74) is 1.45. The second-order valence-corrected chi connectivity index (χ2v) is 1.93. The molecule has 0 radical (unpaired) electrons. The Balaban J connectivity index is 2.11. The van der Waals surface area contributed by atoms with Crippen molar-refractivity contribution in [1.82, 2.24) is 0 Å². The van der Waals surface area contributed by atoms with E-state index in [1.807, 2.05) is 6.08 Å². The first-order valence-corrected chi connectivity index (χ1v) is 2.91. The van der Waals surface area contributed by atoms with E-state index in [1.165, 1.54) is 12.0 Å². The second-order valence-electron chi connectivity index (χ2n) is 1.93. The van der Waals surface area contributed by atoms with Gasteiger partial charge in [0.15, 0.2) is 0 Å². The van der Waals surface area contributed by atoms with E-state index in [0.29, 0.717) is 0 Å². The van der Waals surface area contributed by atoms with Crippen molar-refractivity contribution in [1.29, 1.82) is 0 Å². The van der Waals surface area contributed by atoms with Crippen molar-refractivity contribution >= 4 is 0 Å². The van der Waals surface area contributed by atoms with Gasteiger partial charge in [-0.15, -0.1) is 6.58 Å². The predicted molar refractivity (Wildman–Crippen MR) is 36.7 cm³/mol. The Bertz CT molecular complexity index is 138. The number of rotatable bonds is 3. The molecule has 42 valence electrons. The van der Waals surface area contributed by atoms with Gasteiger partial charge in [-0.1, -0.05) is 24.3 Å². The fraction of sp³-hybridized carbons (Fsp3) is 0.250. The lowest BCUT2D eigenvalue weighted by molar-refractivity contribution is 1.00. The molecule has 0 nitrogen and oxygen atoms in total. The summed E-state index contributed by atoms with van der Waals surface area (Å²) < 4.78 is 0. The van der Waals surface area contributed by atoms with Crippen LogP contribution in [0.25, 0.3) is 0 Å². The number of allylic oxidation sites excluding steroid dienone is 5. The summed E-state index contributed by atoms with van der Waals surface area (Å²) in [7, 11) is 0. The van der Waals surface area contributed by atoms with E-state index < -0.39 is 0 Å². The third kappa shape index (κ3) is 1.09. The molecule has 0 aromatic carbocycles. The van der Waals surface area contributed by atoms with E-state index in [0.717, 1.165) is 6.42 Å². The Kier molecular flexibility index (Phi) is 1.68. The highest BCUT2D eigenvalue weighted by atomic mass is 14.0. The largest absolute Gasteiger partial charge is 0.103 e. The van der Waals surface area contributed by atoms with Gasteiger partial charge in [-0.25, -0.2) is 0 Å². The minimum absolute atomic E-state index is 1.11.